The van der Waals surface area contributed by atoms with Gasteiger partial charge in [-0.05, 0) is 49.9 Å². The molecule has 0 unspecified atom stereocenters. The summed E-state index contributed by atoms with van der Waals surface area (Å²) in [4.78, 5) is 11.5. The van der Waals surface area contributed by atoms with Gasteiger partial charge >= 0.3 is 12.1 Å². The number of carbonyl (C=O) groups is 1. The number of benzene rings is 1. The van der Waals surface area contributed by atoms with Gasteiger partial charge in [0.25, 0.3) is 0 Å². The molecule has 1 aliphatic heterocycles. The zero-order valence-electron chi connectivity index (χ0n) is 12.5. The lowest BCUT2D eigenvalue weighted by Gasteiger charge is -2.30. The first-order valence-electron chi connectivity index (χ1n) is 7.46. The summed E-state index contributed by atoms with van der Waals surface area (Å²) in [6, 6.07) is 5.20. The Kier molecular flexibility index (Phi) is 5.45. The van der Waals surface area contributed by atoms with Crippen LogP contribution in [0, 0.1) is 5.92 Å². The number of ether oxygens (including phenoxy) is 1. The van der Waals surface area contributed by atoms with Crippen molar-refractivity contribution in [3.05, 3.63) is 35.4 Å². The maximum atomic E-state index is 12.6. The second kappa shape index (κ2) is 7.13. The van der Waals surface area contributed by atoms with E-state index in [0.717, 1.165) is 37.1 Å². The van der Waals surface area contributed by atoms with Gasteiger partial charge in [-0.25, -0.2) is 0 Å². The Morgan fingerprint density at radius 2 is 2.00 bits per heavy atom. The largest absolute Gasteiger partial charge is 0.466 e. The van der Waals surface area contributed by atoms with Crippen LogP contribution in [-0.4, -0.2) is 19.1 Å². The van der Waals surface area contributed by atoms with E-state index in [1.54, 1.807) is 6.92 Å². The molecule has 1 aromatic carbocycles. The summed E-state index contributed by atoms with van der Waals surface area (Å²) >= 11 is 0. The number of alkyl halides is 3. The topological polar surface area (TPSA) is 38.3 Å². The number of carbonyl (C=O) groups excluding carboxylic acids is 1. The second-order valence-corrected chi connectivity index (χ2v) is 5.53. The van der Waals surface area contributed by atoms with Gasteiger partial charge in [0.15, 0.2) is 0 Å². The van der Waals surface area contributed by atoms with Crippen LogP contribution in [0.1, 0.15) is 43.4 Å². The lowest BCUT2D eigenvalue weighted by molar-refractivity contribution is -0.144. The van der Waals surface area contributed by atoms with E-state index in [4.69, 9.17) is 4.74 Å². The first-order chi connectivity index (χ1) is 10.4. The molecule has 6 heteroatoms. The molecule has 1 fully saturated rings. The van der Waals surface area contributed by atoms with Crippen LogP contribution in [0.4, 0.5) is 13.2 Å². The Balaban J connectivity index is 1.98. The van der Waals surface area contributed by atoms with Crippen molar-refractivity contribution in [2.45, 2.75) is 38.4 Å². The summed E-state index contributed by atoms with van der Waals surface area (Å²) in [5.41, 5.74) is 0.177. The predicted octanol–water partition coefficient (Wildman–Crippen LogP) is 3.70. The summed E-state index contributed by atoms with van der Waals surface area (Å²) in [6.45, 7) is 2.88. The van der Waals surface area contributed by atoms with E-state index in [1.165, 1.54) is 12.1 Å². The number of nitrogens with one attached hydrogen (secondary N) is 1. The molecule has 1 aromatic rings. The lowest BCUT2D eigenvalue weighted by Crippen LogP contribution is -2.33. The van der Waals surface area contributed by atoms with E-state index in [1.807, 2.05) is 0 Å². The molecule has 0 amide bonds. The minimum atomic E-state index is -4.31. The van der Waals surface area contributed by atoms with E-state index >= 15 is 0 Å². The molecule has 0 aromatic heterocycles. The maximum absolute atomic E-state index is 12.6. The van der Waals surface area contributed by atoms with Crippen LogP contribution in [0.3, 0.4) is 0 Å². The molecule has 0 saturated carbocycles. The molecule has 1 aliphatic rings. The van der Waals surface area contributed by atoms with Crippen LogP contribution in [0.2, 0.25) is 0 Å². The molecule has 22 heavy (non-hydrogen) atoms. The molecule has 0 bridgehead atoms. The highest BCUT2D eigenvalue weighted by molar-refractivity contribution is 5.69. The van der Waals surface area contributed by atoms with Crippen LogP contribution >= 0.6 is 0 Å². The monoisotopic (exact) mass is 315 g/mol. The predicted molar refractivity (Wildman–Crippen MR) is 76.2 cm³/mol. The summed E-state index contributed by atoms with van der Waals surface area (Å²) in [5, 5.41) is 3.30. The average Bonchev–Trinajstić information content (AvgIpc) is 2.47. The van der Waals surface area contributed by atoms with Gasteiger partial charge < -0.3 is 10.1 Å². The fourth-order valence-corrected chi connectivity index (χ4v) is 2.80. The number of hydrogen-bond donors (Lipinski definition) is 1. The normalized spacial score (nSPS) is 22.4. The molecule has 2 atom stereocenters. The SMILES string of the molecule is CCOC(=O)C[C@@H]1CCN[C@H](c2ccc(C(F)(F)F)cc2)C1. The van der Waals surface area contributed by atoms with Crippen molar-refractivity contribution in [1.29, 1.82) is 0 Å². The van der Waals surface area contributed by atoms with Gasteiger partial charge in [0, 0.05) is 12.5 Å². The highest BCUT2D eigenvalue weighted by Gasteiger charge is 2.31. The Bertz CT molecular complexity index is 499. The Morgan fingerprint density at radius 1 is 1.32 bits per heavy atom. The molecular formula is C16H20F3NO2. The van der Waals surface area contributed by atoms with Gasteiger partial charge in [0.2, 0.25) is 0 Å². The molecule has 0 aliphatic carbocycles. The van der Waals surface area contributed by atoms with Gasteiger partial charge in [-0.1, -0.05) is 12.1 Å². The smallest absolute Gasteiger partial charge is 0.416 e. The first kappa shape index (κ1) is 16.8. The van der Waals surface area contributed by atoms with Crippen LogP contribution in [0.5, 0.6) is 0 Å². The Hall–Kier alpha value is -1.56. The van der Waals surface area contributed by atoms with Crippen molar-refractivity contribution in [3.8, 4) is 0 Å². The van der Waals surface area contributed by atoms with E-state index in [0.29, 0.717) is 13.0 Å². The number of piperidine rings is 1. The number of hydrogen-bond acceptors (Lipinski definition) is 3. The quantitative estimate of drug-likeness (QED) is 0.861. The van der Waals surface area contributed by atoms with Crippen LogP contribution < -0.4 is 5.32 Å². The number of halogens is 3. The van der Waals surface area contributed by atoms with Crippen molar-refractivity contribution in [2.24, 2.45) is 5.92 Å². The van der Waals surface area contributed by atoms with Crippen molar-refractivity contribution >= 4 is 5.97 Å². The van der Waals surface area contributed by atoms with Crippen LogP contribution in [-0.2, 0) is 15.7 Å². The van der Waals surface area contributed by atoms with E-state index in [-0.39, 0.29) is 17.9 Å². The molecule has 2 rings (SSSR count). The van der Waals surface area contributed by atoms with Gasteiger partial charge in [-0.3, -0.25) is 4.79 Å². The maximum Gasteiger partial charge on any atom is 0.416 e. The minimum Gasteiger partial charge on any atom is -0.466 e. The highest BCUT2D eigenvalue weighted by atomic mass is 19.4. The van der Waals surface area contributed by atoms with Crippen molar-refractivity contribution in [3.63, 3.8) is 0 Å². The fourth-order valence-electron chi connectivity index (χ4n) is 2.80. The molecule has 1 saturated heterocycles. The molecular weight excluding hydrogens is 295 g/mol. The van der Waals surface area contributed by atoms with E-state index in [2.05, 4.69) is 5.32 Å². The molecule has 0 radical (unpaired) electrons. The average molecular weight is 315 g/mol. The van der Waals surface area contributed by atoms with Crippen LogP contribution in [0.25, 0.3) is 0 Å². The first-order valence-corrected chi connectivity index (χ1v) is 7.46. The third-order valence-electron chi connectivity index (χ3n) is 3.91. The van der Waals surface area contributed by atoms with E-state index < -0.39 is 11.7 Å². The van der Waals surface area contributed by atoms with Crippen molar-refractivity contribution in [2.75, 3.05) is 13.2 Å². The summed E-state index contributed by atoms with van der Waals surface area (Å²) in [6.07, 6.45) is -2.35. The number of esters is 1. The third kappa shape index (κ3) is 4.47. The van der Waals surface area contributed by atoms with Gasteiger partial charge in [0.05, 0.1) is 12.2 Å². The van der Waals surface area contributed by atoms with Crippen molar-refractivity contribution in [1.82, 2.24) is 5.32 Å². The lowest BCUT2D eigenvalue weighted by atomic mass is 9.86. The van der Waals surface area contributed by atoms with Crippen molar-refractivity contribution < 1.29 is 22.7 Å². The number of rotatable bonds is 4. The summed E-state index contributed by atoms with van der Waals surface area (Å²) in [7, 11) is 0. The molecule has 1 N–H and O–H groups in total. The third-order valence-corrected chi connectivity index (χ3v) is 3.91. The highest BCUT2D eigenvalue weighted by Crippen LogP contribution is 2.33. The zero-order chi connectivity index (χ0) is 16.2. The molecule has 0 spiro atoms. The van der Waals surface area contributed by atoms with Crippen LogP contribution in [0.15, 0.2) is 24.3 Å². The molecule has 122 valence electrons. The Labute approximate surface area is 127 Å². The summed E-state index contributed by atoms with van der Waals surface area (Å²) < 4.78 is 42.7. The van der Waals surface area contributed by atoms with Gasteiger partial charge in [-0.2, -0.15) is 13.2 Å². The fraction of sp³-hybridized carbons (Fsp3) is 0.562. The van der Waals surface area contributed by atoms with Gasteiger partial charge in [-0.15, -0.1) is 0 Å². The standard InChI is InChI=1S/C16H20F3NO2/c1-2-22-15(21)10-11-7-8-20-14(9-11)12-3-5-13(6-4-12)16(17,18)19/h3-6,11,14,20H,2,7-10H2,1H3/t11-,14+/m1/s1. The summed E-state index contributed by atoms with van der Waals surface area (Å²) in [5.74, 6) is -0.00633. The second-order valence-electron chi connectivity index (χ2n) is 5.53. The Morgan fingerprint density at radius 3 is 2.59 bits per heavy atom. The van der Waals surface area contributed by atoms with E-state index in [9.17, 15) is 18.0 Å². The molecule has 3 nitrogen and oxygen atoms in total. The molecule has 1 heterocycles. The van der Waals surface area contributed by atoms with Gasteiger partial charge in [0.1, 0.15) is 0 Å². The zero-order valence-corrected chi connectivity index (χ0v) is 12.5. The minimum absolute atomic E-state index is 0.0181.